The van der Waals surface area contributed by atoms with Gasteiger partial charge in [-0.15, -0.1) is 0 Å². The maximum atomic E-state index is 14.0. The summed E-state index contributed by atoms with van der Waals surface area (Å²) in [6.07, 6.45) is 1.75. The smallest absolute Gasteiger partial charge is 0.239 e. The number of fused-ring (bicyclic) bond motifs is 2. The monoisotopic (exact) mass is 733 g/mol. The second-order valence-corrected chi connectivity index (χ2v) is 15.0. The van der Waals surface area contributed by atoms with Gasteiger partial charge in [-0.1, -0.05) is 48.5 Å². The molecule has 4 N–H and O–H groups in total. The van der Waals surface area contributed by atoms with Crippen molar-refractivity contribution >= 4 is 22.8 Å². The van der Waals surface area contributed by atoms with Crippen molar-refractivity contribution in [2.24, 2.45) is 5.92 Å². The van der Waals surface area contributed by atoms with Gasteiger partial charge in [-0.2, -0.15) is 0 Å². The number of ether oxygens (including phenoxy) is 1. The van der Waals surface area contributed by atoms with Crippen molar-refractivity contribution in [1.82, 2.24) is 25.4 Å². The Labute approximate surface area is 308 Å². The van der Waals surface area contributed by atoms with E-state index in [0.29, 0.717) is 42.2 Å². The molecule has 6 rings (SSSR count). The van der Waals surface area contributed by atoms with E-state index in [-0.39, 0.29) is 32.0 Å². The Balaban J connectivity index is 1.21. The van der Waals surface area contributed by atoms with Crippen molar-refractivity contribution in [1.29, 1.82) is 0 Å². The molecule has 11 nitrogen and oxygen atoms in total. The number of amides is 2. The Bertz CT molecular complexity index is 1820. The summed E-state index contributed by atoms with van der Waals surface area (Å²) in [6, 6.07) is 18.8. The minimum Gasteiger partial charge on any atom is -0.490 e. The molecule has 2 aliphatic rings. The predicted molar refractivity (Wildman–Crippen MR) is 196 cm³/mol. The van der Waals surface area contributed by atoms with Crippen LogP contribution in [0.1, 0.15) is 50.1 Å². The molecule has 4 aromatic rings. The van der Waals surface area contributed by atoms with E-state index in [4.69, 9.17) is 9.15 Å². The quantitative estimate of drug-likeness (QED) is 0.151. The standard InChI is InChI=1S/C40H49F2N5O6/c1-39(2,35-19-28-20-43-14-13-33(28)53-35)47-16-15-46(31(22-47)38(51)45-40(3,24-41)25-42)21-29(48)18-27(17-26-9-5-4-6-10-26)37(50)44-36-30-11-7-8-12-34(30)52-23-32(36)49/h4-14,19-20,27,29,31-32,36,48-49H,15-18,21-25H2,1-3H3,(H,44,50)(H,45,51)/t27-,29+,31+,32-,36?/m1/s1. The number of hydrogen-bond acceptors (Lipinski definition) is 9. The second kappa shape index (κ2) is 16.3. The topological polar surface area (TPSA) is 140 Å². The van der Waals surface area contributed by atoms with Gasteiger partial charge in [-0.3, -0.25) is 24.4 Å². The van der Waals surface area contributed by atoms with E-state index < -0.39 is 60.5 Å². The number of aliphatic hydroxyl groups excluding tert-OH is 2. The van der Waals surface area contributed by atoms with Gasteiger partial charge in [0.25, 0.3) is 0 Å². The van der Waals surface area contributed by atoms with Crippen molar-refractivity contribution in [3.05, 3.63) is 96.0 Å². The first-order chi connectivity index (χ1) is 25.4. The fourth-order valence-electron chi connectivity index (χ4n) is 7.27. The summed E-state index contributed by atoms with van der Waals surface area (Å²) < 4.78 is 39.7. The van der Waals surface area contributed by atoms with Crippen LogP contribution in [0.15, 0.2) is 83.5 Å². The van der Waals surface area contributed by atoms with Crippen molar-refractivity contribution in [2.75, 3.05) is 46.1 Å². The Hall–Kier alpha value is -4.43. The number of para-hydroxylation sites is 1. The molecule has 284 valence electrons. The Kier molecular flexibility index (Phi) is 11.8. The zero-order valence-electron chi connectivity index (χ0n) is 30.4. The number of pyridine rings is 1. The molecule has 1 saturated heterocycles. The summed E-state index contributed by atoms with van der Waals surface area (Å²) in [6.45, 7) is 4.22. The SMILES string of the molecule is CC(CF)(CF)NC(=O)[C@@H]1CN(C(C)(C)c2cc3cnccc3o2)CCN1C[C@@H](O)C[C@@H](Cc1ccccc1)C(=O)NC1c2ccccc2OC[C@H]1O. The molecule has 2 aromatic carbocycles. The van der Waals surface area contributed by atoms with Crippen molar-refractivity contribution < 1.29 is 37.7 Å². The molecule has 4 heterocycles. The average Bonchev–Trinajstić information content (AvgIpc) is 3.62. The first-order valence-corrected chi connectivity index (χ1v) is 18.1. The molecule has 1 fully saturated rings. The number of furan rings is 1. The number of piperazine rings is 1. The third-order valence-corrected chi connectivity index (χ3v) is 10.6. The van der Waals surface area contributed by atoms with Crippen LogP contribution in [0.4, 0.5) is 8.78 Å². The molecule has 0 radical (unpaired) electrons. The molecular weight excluding hydrogens is 684 g/mol. The normalized spacial score (nSPS) is 21.0. The fraction of sp³-hybridized carbons (Fsp3) is 0.475. The van der Waals surface area contributed by atoms with Crippen molar-refractivity contribution in [2.45, 2.75) is 69.0 Å². The highest BCUT2D eigenvalue weighted by Gasteiger charge is 2.43. The number of carbonyl (C=O) groups is 2. The summed E-state index contributed by atoms with van der Waals surface area (Å²) in [7, 11) is 0. The third-order valence-electron chi connectivity index (χ3n) is 10.6. The van der Waals surface area contributed by atoms with Crippen LogP contribution in [0, 0.1) is 5.92 Å². The number of β-amino-alcohol motifs (C(OH)–C–C–N with tert-alkyl or cyclic N) is 1. The molecule has 2 aromatic heterocycles. The number of nitrogens with one attached hydrogen (secondary N) is 2. The van der Waals surface area contributed by atoms with Crippen molar-refractivity contribution in [3.8, 4) is 5.75 Å². The molecular formula is C40H49F2N5O6. The van der Waals surface area contributed by atoms with E-state index in [2.05, 4.69) is 20.5 Å². The number of rotatable bonds is 14. The van der Waals surface area contributed by atoms with Crippen LogP contribution >= 0.6 is 0 Å². The van der Waals surface area contributed by atoms with Gasteiger partial charge < -0.3 is 30.0 Å². The van der Waals surface area contributed by atoms with Gasteiger partial charge in [0.1, 0.15) is 49.2 Å². The van der Waals surface area contributed by atoms with Gasteiger partial charge in [0.05, 0.1) is 23.2 Å². The highest BCUT2D eigenvalue weighted by molar-refractivity contribution is 5.83. The number of alkyl halides is 2. The van der Waals surface area contributed by atoms with E-state index in [0.717, 1.165) is 10.9 Å². The zero-order valence-corrected chi connectivity index (χ0v) is 30.4. The van der Waals surface area contributed by atoms with Crippen LogP contribution in [-0.2, 0) is 21.5 Å². The Morgan fingerprint density at radius 1 is 1.04 bits per heavy atom. The van der Waals surface area contributed by atoms with E-state index >= 15 is 0 Å². The number of nitrogens with zero attached hydrogens (tertiary/aromatic N) is 3. The number of aliphatic hydroxyl groups is 2. The number of benzene rings is 2. The fourth-order valence-corrected chi connectivity index (χ4v) is 7.27. The first kappa shape index (κ1) is 38.3. The summed E-state index contributed by atoms with van der Waals surface area (Å²) in [4.78, 5) is 36.0. The van der Waals surface area contributed by atoms with Gasteiger partial charge in [0, 0.05) is 55.4 Å². The Morgan fingerprint density at radius 2 is 1.77 bits per heavy atom. The molecule has 0 saturated carbocycles. The van der Waals surface area contributed by atoms with Crippen LogP contribution in [0.5, 0.6) is 5.75 Å². The van der Waals surface area contributed by atoms with Crippen LogP contribution in [0.2, 0.25) is 0 Å². The van der Waals surface area contributed by atoms with Crippen LogP contribution in [-0.4, -0.2) is 107 Å². The largest absolute Gasteiger partial charge is 0.490 e. The summed E-state index contributed by atoms with van der Waals surface area (Å²) >= 11 is 0. The number of carbonyl (C=O) groups excluding carboxylic acids is 2. The lowest BCUT2D eigenvalue weighted by Gasteiger charge is -2.47. The van der Waals surface area contributed by atoms with Crippen LogP contribution in [0.3, 0.4) is 0 Å². The lowest BCUT2D eigenvalue weighted by Crippen LogP contribution is -2.65. The van der Waals surface area contributed by atoms with E-state index in [1.165, 1.54) is 6.92 Å². The molecule has 53 heavy (non-hydrogen) atoms. The molecule has 2 amide bonds. The Morgan fingerprint density at radius 3 is 2.51 bits per heavy atom. The highest BCUT2D eigenvalue weighted by Crippen LogP contribution is 2.35. The lowest BCUT2D eigenvalue weighted by atomic mass is 9.90. The van der Waals surface area contributed by atoms with Gasteiger partial charge >= 0.3 is 0 Å². The average molecular weight is 734 g/mol. The minimum atomic E-state index is -1.70. The molecule has 5 atom stereocenters. The second-order valence-electron chi connectivity index (χ2n) is 15.0. The molecule has 0 aliphatic carbocycles. The number of aromatic nitrogens is 1. The molecule has 13 heteroatoms. The molecule has 0 bridgehead atoms. The summed E-state index contributed by atoms with van der Waals surface area (Å²) in [5.74, 6) is -0.320. The minimum absolute atomic E-state index is 0.0254. The van der Waals surface area contributed by atoms with Gasteiger partial charge in [-0.25, -0.2) is 8.78 Å². The zero-order chi connectivity index (χ0) is 37.8. The molecule has 0 spiro atoms. The maximum Gasteiger partial charge on any atom is 0.239 e. The predicted octanol–water partition coefficient (Wildman–Crippen LogP) is 4.08. The number of halogens is 2. The summed E-state index contributed by atoms with van der Waals surface area (Å²) in [5, 5.41) is 28.9. The van der Waals surface area contributed by atoms with Gasteiger partial charge in [-0.05, 0) is 57.4 Å². The van der Waals surface area contributed by atoms with Crippen LogP contribution < -0.4 is 15.4 Å². The van der Waals surface area contributed by atoms with Crippen LogP contribution in [0.25, 0.3) is 11.0 Å². The van der Waals surface area contributed by atoms with E-state index in [9.17, 15) is 28.6 Å². The van der Waals surface area contributed by atoms with Gasteiger partial charge in [0.15, 0.2) is 0 Å². The lowest BCUT2D eigenvalue weighted by molar-refractivity contribution is -0.134. The third kappa shape index (κ3) is 8.70. The first-order valence-electron chi connectivity index (χ1n) is 18.1. The maximum absolute atomic E-state index is 14.0. The highest BCUT2D eigenvalue weighted by atomic mass is 19.1. The summed E-state index contributed by atoms with van der Waals surface area (Å²) in [5.41, 5.74) is -0.111. The van der Waals surface area contributed by atoms with E-state index in [1.54, 1.807) is 30.6 Å². The van der Waals surface area contributed by atoms with Gasteiger partial charge in [0.2, 0.25) is 11.8 Å². The number of hydrogen-bond donors (Lipinski definition) is 4. The molecule has 2 aliphatic heterocycles. The van der Waals surface area contributed by atoms with Crippen molar-refractivity contribution in [3.63, 3.8) is 0 Å². The molecule has 1 unspecified atom stereocenters. The van der Waals surface area contributed by atoms with E-state index in [1.807, 2.05) is 67.3 Å².